The molecule has 1 fully saturated rings. The van der Waals surface area contributed by atoms with Crippen molar-refractivity contribution in [3.8, 4) is 0 Å². The maximum absolute atomic E-state index is 14.1. The summed E-state index contributed by atoms with van der Waals surface area (Å²) in [6.45, 7) is 2.40. The zero-order valence-electron chi connectivity index (χ0n) is 22.2. The van der Waals surface area contributed by atoms with Gasteiger partial charge in [-0.15, -0.1) is 5.10 Å². The third-order valence-electron chi connectivity index (χ3n) is 7.61. The molecule has 0 aliphatic heterocycles. The molecule has 1 aliphatic rings. The molecule has 0 bridgehead atoms. The topological polar surface area (TPSA) is 83.4 Å². The zero-order chi connectivity index (χ0) is 26.7. The lowest BCUT2D eigenvalue weighted by Gasteiger charge is -2.40. The highest BCUT2D eigenvalue weighted by atomic mass is 16.2. The molecule has 5 rings (SSSR count). The fourth-order valence-corrected chi connectivity index (χ4v) is 5.35. The Bertz CT molecular complexity index is 1440. The minimum Gasteiger partial charge on any atom is -0.378 e. The molecule has 3 aromatic carbocycles. The fraction of sp³-hybridized carbons (Fsp3) is 0.333. The van der Waals surface area contributed by atoms with Crippen LogP contribution in [0.15, 0.2) is 72.8 Å². The van der Waals surface area contributed by atoms with Gasteiger partial charge >= 0.3 is 0 Å². The lowest BCUT2D eigenvalue weighted by molar-refractivity contribution is -0.147. The van der Waals surface area contributed by atoms with E-state index in [2.05, 4.69) is 15.6 Å². The summed E-state index contributed by atoms with van der Waals surface area (Å²) in [5.41, 5.74) is 4.47. The second kappa shape index (κ2) is 10.7. The lowest BCUT2D eigenvalue weighted by atomic mass is 9.91. The van der Waals surface area contributed by atoms with Gasteiger partial charge in [0.25, 0.3) is 0 Å². The van der Waals surface area contributed by atoms with E-state index in [-0.39, 0.29) is 18.4 Å². The third-order valence-corrected chi connectivity index (χ3v) is 7.61. The Kier molecular flexibility index (Phi) is 7.13. The van der Waals surface area contributed by atoms with Gasteiger partial charge in [0.15, 0.2) is 0 Å². The van der Waals surface area contributed by atoms with Crippen molar-refractivity contribution < 1.29 is 9.59 Å². The predicted molar refractivity (Wildman–Crippen MR) is 150 cm³/mol. The number of hydrogen-bond acceptors (Lipinski definition) is 5. The molecule has 8 heteroatoms. The molecular formula is C30H34N6O2. The highest BCUT2D eigenvalue weighted by molar-refractivity contribution is 6.01. The van der Waals surface area contributed by atoms with Crippen LogP contribution in [0.3, 0.4) is 0 Å². The quantitative estimate of drug-likeness (QED) is 0.369. The van der Waals surface area contributed by atoms with E-state index >= 15 is 0 Å². The highest BCUT2D eigenvalue weighted by Gasteiger charge is 2.48. The number of anilines is 2. The first-order valence-corrected chi connectivity index (χ1v) is 13.1. The maximum Gasteiger partial charge on any atom is 0.250 e. The molecule has 1 aliphatic carbocycles. The number of rotatable bonds is 8. The second-order valence-corrected chi connectivity index (χ2v) is 10.3. The van der Waals surface area contributed by atoms with Gasteiger partial charge in [0.1, 0.15) is 17.6 Å². The van der Waals surface area contributed by atoms with Crippen LogP contribution in [0, 0.1) is 6.92 Å². The van der Waals surface area contributed by atoms with Crippen LogP contribution in [-0.2, 0) is 22.7 Å². The van der Waals surface area contributed by atoms with Crippen molar-refractivity contribution in [2.24, 2.45) is 0 Å². The van der Waals surface area contributed by atoms with Crippen molar-refractivity contribution in [1.29, 1.82) is 0 Å². The van der Waals surface area contributed by atoms with Gasteiger partial charge in [-0.3, -0.25) is 9.59 Å². The number of aromatic nitrogens is 3. The minimum atomic E-state index is -0.948. The van der Waals surface area contributed by atoms with Gasteiger partial charge in [0.2, 0.25) is 11.8 Å². The summed E-state index contributed by atoms with van der Waals surface area (Å²) in [6.07, 6.45) is 3.00. The Hall–Kier alpha value is -4.20. The molecule has 196 valence electrons. The summed E-state index contributed by atoms with van der Waals surface area (Å²) in [5, 5.41) is 11.6. The SMILES string of the molecule is Cc1ccccc1CN(C(=O)Cn1nnc2ccccc21)C1(C(=O)Nc2ccc(N(C)C)cc2)CCCC1. The van der Waals surface area contributed by atoms with E-state index in [4.69, 9.17) is 0 Å². The number of carbonyl (C=O) groups excluding carboxylic acids is 2. The Morgan fingerprint density at radius 1 is 0.947 bits per heavy atom. The van der Waals surface area contributed by atoms with Crippen LogP contribution in [0.2, 0.25) is 0 Å². The van der Waals surface area contributed by atoms with Crippen LogP contribution in [0.25, 0.3) is 11.0 Å². The summed E-state index contributed by atoms with van der Waals surface area (Å²) >= 11 is 0. The van der Waals surface area contributed by atoms with Crippen LogP contribution in [0.5, 0.6) is 0 Å². The number of para-hydroxylation sites is 1. The van der Waals surface area contributed by atoms with E-state index in [1.165, 1.54) is 0 Å². The largest absolute Gasteiger partial charge is 0.378 e. The maximum atomic E-state index is 14.1. The fourth-order valence-electron chi connectivity index (χ4n) is 5.35. The van der Waals surface area contributed by atoms with Crippen LogP contribution >= 0.6 is 0 Å². The molecule has 0 unspecified atom stereocenters. The van der Waals surface area contributed by atoms with Gasteiger partial charge in [-0.05, 0) is 67.3 Å². The molecule has 0 spiro atoms. The minimum absolute atomic E-state index is 0.0129. The molecule has 1 aromatic heterocycles. The second-order valence-electron chi connectivity index (χ2n) is 10.3. The average molecular weight is 511 g/mol. The molecule has 1 N–H and O–H groups in total. The molecule has 4 aromatic rings. The molecule has 1 heterocycles. The van der Waals surface area contributed by atoms with E-state index in [9.17, 15) is 9.59 Å². The zero-order valence-corrected chi connectivity index (χ0v) is 22.2. The molecular weight excluding hydrogens is 476 g/mol. The Balaban J connectivity index is 1.49. The third kappa shape index (κ3) is 4.98. The van der Waals surface area contributed by atoms with Crippen molar-refractivity contribution in [2.45, 2.75) is 51.2 Å². The standard InChI is InChI=1S/C30H34N6O2/c1-22-10-4-5-11-23(22)20-35(28(37)21-36-27-13-7-6-12-26(27)32-33-36)30(18-8-9-19-30)29(38)31-24-14-16-25(17-15-24)34(2)3/h4-7,10-17H,8-9,18-21H2,1-3H3,(H,31,38). The number of nitrogens with one attached hydrogen (secondary N) is 1. The summed E-state index contributed by atoms with van der Waals surface area (Å²) in [6, 6.07) is 23.4. The van der Waals surface area contributed by atoms with E-state index < -0.39 is 5.54 Å². The number of hydrogen-bond donors (Lipinski definition) is 1. The summed E-state index contributed by atoms with van der Waals surface area (Å²) < 4.78 is 1.63. The van der Waals surface area contributed by atoms with Gasteiger partial charge in [-0.25, -0.2) is 4.68 Å². The van der Waals surface area contributed by atoms with E-state index in [0.717, 1.165) is 46.4 Å². The lowest BCUT2D eigenvalue weighted by Crippen LogP contribution is -2.57. The van der Waals surface area contributed by atoms with Gasteiger partial charge in [-0.1, -0.05) is 54.5 Å². The number of amides is 2. The van der Waals surface area contributed by atoms with Crippen LogP contribution in [0.4, 0.5) is 11.4 Å². The average Bonchev–Trinajstić information content (AvgIpc) is 3.57. The van der Waals surface area contributed by atoms with Crippen LogP contribution < -0.4 is 10.2 Å². The number of carbonyl (C=O) groups is 2. The summed E-state index contributed by atoms with van der Waals surface area (Å²) in [5.74, 6) is -0.290. The van der Waals surface area contributed by atoms with Crippen molar-refractivity contribution in [3.05, 3.63) is 83.9 Å². The summed E-state index contributed by atoms with van der Waals surface area (Å²) in [7, 11) is 3.96. The number of fused-ring (bicyclic) bond motifs is 1. The molecule has 0 saturated heterocycles. The number of benzene rings is 3. The molecule has 8 nitrogen and oxygen atoms in total. The Morgan fingerprint density at radius 2 is 1.63 bits per heavy atom. The smallest absolute Gasteiger partial charge is 0.250 e. The first-order chi connectivity index (χ1) is 18.4. The first kappa shape index (κ1) is 25.4. The van der Waals surface area contributed by atoms with Crippen molar-refractivity contribution >= 4 is 34.2 Å². The normalized spacial score (nSPS) is 14.4. The van der Waals surface area contributed by atoms with E-state index in [1.807, 2.05) is 98.7 Å². The molecule has 0 atom stereocenters. The van der Waals surface area contributed by atoms with Crippen molar-refractivity contribution in [2.75, 3.05) is 24.3 Å². The van der Waals surface area contributed by atoms with Crippen molar-refractivity contribution in [1.82, 2.24) is 19.9 Å². The Morgan fingerprint density at radius 3 is 2.34 bits per heavy atom. The van der Waals surface area contributed by atoms with Gasteiger partial charge in [0, 0.05) is 32.0 Å². The molecule has 38 heavy (non-hydrogen) atoms. The van der Waals surface area contributed by atoms with E-state index in [1.54, 1.807) is 9.58 Å². The molecule has 2 amide bonds. The van der Waals surface area contributed by atoms with Gasteiger partial charge in [0.05, 0.1) is 5.52 Å². The summed E-state index contributed by atoms with van der Waals surface area (Å²) in [4.78, 5) is 31.9. The Labute approximate surface area is 223 Å². The number of nitrogens with zero attached hydrogens (tertiary/aromatic N) is 5. The highest BCUT2D eigenvalue weighted by Crippen LogP contribution is 2.38. The van der Waals surface area contributed by atoms with Crippen LogP contribution in [0.1, 0.15) is 36.8 Å². The first-order valence-electron chi connectivity index (χ1n) is 13.1. The number of aryl methyl sites for hydroxylation is 1. The van der Waals surface area contributed by atoms with Crippen molar-refractivity contribution in [3.63, 3.8) is 0 Å². The van der Waals surface area contributed by atoms with Gasteiger partial charge < -0.3 is 15.1 Å². The molecule has 0 radical (unpaired) electrons. The van der Waals surface area contributed by atoms with Crippen LogP contribution in [-0.4, -0.2) is 51.3 Å². The van der Waals surface area contributed by atoms with E-state index in [0.29, 0.717) is 19.4 Å². The molecule has 1 saturated carbocycles. The predicted octanol–water partition coefficient (Wildman–Crippen LogP) is 4.79. The van der Waals surface area contributed by atoms with Gasteiger partial charge in [-0.2, -0.15) is 0 Å². The monoisotopic (exact) mass is 510 g/mol.